The summed E-state index contributed by atoms with van der Waals surface area (Å²) in [6, 6.07) is 11.8. The Hall–Kier alpha value is -2.36. The Labute approximate surface area is 119 Å². The first-order chi connectivity index (χ1) is 9.65. The first-order valence-corrected chi connectivity index (χ1v) is 6.63. The molecule has 0 unspecified atom stereocenters. The molecule has 0 saturated carbocycles. The van der Waals surface area contributed by atoms with Crippen molar-refractivity contribution < 1.29 is 4.79 Å². The van der Waals surface area contributed by atoms with Crippen molar-refractivity contribution in [1.29, 1.82) is 0 Å². The van der Waals surface area contributed by atoms with Crippen molar-refractivity contribution in [2.24, 2.45) is 0 Å². The molecule has 0 saturated heterocycles. The van der Waals surface area contributed by atoms with Gasteiger partial charge in [0, 0.05) is 11.9 Å². The summed E-state index contributed by atoms with van der Waals surface area (Å²) >= 11 is 0. The van der Waals surface area contributed by atoms with E-state index < -0.39 is 0 Å². The predicted molar refractivity (Wildman–Crippen MR) is 80.5 cm³/mol. The Kier molecular flexibility index (Phi) is 4.71. The van der Waals surface area contributed by atoms with E-state index in [1.54, 1.807) is 6.20 Å². The third-order valence-corrected chi connectivity index (χ3v) is 3.03. The maximum absolute atomic E-state index is 11.8. The second kappa shape index (κ2) is 6.70. The summed E-state index contributed by atoms with van der Waals surface area (Å²) in [7, 11) is 0. The molecule has 4 heteroatoms. The van der Waals surface area contributed by atoms with Crippen LogP contribution in [0.25, 0.3) is 0 Å². The largest absolute Gasteiger partial charge is 0.376 e. The van der Waals surface area contributed by atoms with E-state index in [0.717, 1.165) is 16.9 Å². The number of nitrogens with one attached hydrogen (secondary N) is 2. The van der Waals surface area contributed by atoms with Gasteiger partial charge in [-0.1, -0.05) is 18.2 Å². The van der Waals surface area contributed by atoms with Crippen LogP contribution in [0.15, 0.2) is 42.6 Å². The molecule has 4 nitrogen and oxygen atoms in total. The van der Waals surface area contributed by atoms with Crippen LogP contribution in [0.3, 0.4) is 0 Å². The maximum Gasteiger partial charge on any atom is 0.239 e. The highest BCUT2D eigenvalue weighted by Gasteiger charge is 2.03. The van der Waals surface area contributed by atoms with E-state index in [-0.39, 0.29) is 12.5 Å². The maximum atomic E-state index is 11.8. The Morgan fingerprint density at radius 3 is 2.80 bits per heavy atom. The van der Waals surface area contributed by atoms with E-state index in [0.29, 0.717) is 6.54 Å². The number of nitrogens with zero attached hydrogens (tertiary/aromatic N) is 1. The van der Waals surface area contributed by atoms with Gasteiger partial charge < -0.3 is 10.6 Å². The van der Waals surface area contributed by atoms with Crippen molar-refractivity contribution in [3.63, 3.8) is 0 Å². The minimum absolute atomic E-state index is 0.0449. The van der Waals surface area contributed by atoms with Crippen molar-refractivity contribution in [1.82, 2.24) is 10.3 Å². The highest BCUT2D eigenvalue weighted by atomic mass is 16.1. The fourth-order valence-electron chi connectivity index (χ4n) is 1.86. The monoisotopic (exact) mass is 269 g/mol. The second-order valence-electron chi connectivity index (χ2n) is 4.77. The number of anilines is 1. The van der Waals surface area contributed by atoms with Gasteiger partial charge >= 0.3 is 0 Å². The number of rotatable bonds is 5. The third-order valence-electron chi connectivity index (χ3n) is 3.03. The number of carbonyl (C=O) groups excluding carboxylic acids is 1. The molecule has 1 amide bonds. The van der Waals surface area contributed by atoms with Gasteiger partial charge in [0.05, 0.1) is 18.8 Å². The molecular formula is C16H19N3O. The zero-order valence-electron chi connectivity index (χ0n) is 11.8. The summed E-state index contributed by atoms with van der Waals surface area (Å²) in [4.78, 5) is 15.9. The normalized spacial score (nSPS) is 10.1. The summed E-state index contributed by atoms with van der Waals surface area (Å²) in [5.41, 5.74) is 4.16. The number of carbonyl (C=O) groups is 1. The highest BCUT2D eigenvalue weighted by Crippen LogP contribution is 2.15. The minimum Gasteiger partial charge on any atom is -0.376 e. The number of benzene rings is 1. The van der Waals surface area contributed by atoms with Crippen LogP contribution in [0.1, 0.15) is 16.8 Å². The Morgan fingerprint density at radius 1 is 1.20 bits per heavy atom. The number of hydrogen-bond donors (Lipinski definition) is 2. The summed E-state index contributed by atoms with van der Waals surface area (Å²) in [5, 5.41) is 6.00. The number of aromatic nitrogens is 1. The van der Waals surface area contributed by atoms with Gasteiger partial charge in [-0.15, -0.1) is 0 Å². The van der Waals surface area contributed by atoms with E-state index in [9.17, 15) is 4.79 Å². The molecule has 2 N–H and O–H groups in total. The van der Waals surface area contributed by atoms with Crippen LogP contribution < -0.4 is 10.6 Å². The lowest BCUT2D eigenvalue weighted by atomic mass is 10.1. The SMILES string of the molecule is Cc1ccc(C)c(NCC(=O)NCc2ccccn2)c1. The average Bonchev–Trinajstić information content (AvgIpc) is 2.47. The molecule has 0 radical (unpaired) electrons. The summed E-state index contributed by atoms with van der Waals surface area (Å²) < 4.78 is 0. The van der Waals surface area contributed by atoms with E-state index in [1.165, 1.54) is 5.56 Å². The summed E-state index contributed by atoms with van der Waals surface area (Å²) in [6.07, 6.45) is 1.72. The first kappa shape index (κ1) is 14.1. The van der Waals surface area contributed by atoms with Crippen LogP contribution in [0.2, 0.25) is 0 Å². The van der Waals surface area contributed by atoms with Gasteiger partial charge in [0.25, 0.3) is 0 Å². The smallest absolute Gasteiger partial charge is 0.239 e. The van der Waals surface area contributed by atoms with Crippen LogP contribution in [-0.4, -0.2) is 17.4 Å². The Morgan fingerprint density at radius 2 is 2.05 bits per heavy atom. The predicted octanol–water partition coefficient (Wildman–Crippen LogP) is 2.43. The number of hydrogen-bond acceptors (Lipinski definition) is 3. The molecule has 0 aliphatic heterocycles. The van der Waals surface area contributed by atoms with Gasteiger partial charge in [-0.3, -0.25) is 9.78 Å². The first-order valence-electron chi connectivity index (χ1n) is 6.63. The molecule has 0 fully saturated rings. The number of aryl methyl sites for hydroxylation is 2. The lowest BCUT2D eigenvalue weighted by Gasteiger charge is -2.10. The average molecular weight is 269 g/mol. The number of amides is 1. The van der Waals surface area contributed by atoms with Crippen molar-refractivity contribution >= 4 is 11.6 Å². The Bertz CT molecular complexity index is 582. The van der Waals surface area contributed by atoms with Crippen molar-refractivity contribution in [2.75, 3.05) is 11.9 Å². The molecule has 2 aromatic rings. The molecule has 0 atom stereocenters. The quantitative estimate of drug-likeness (QED) is 0.876. The molecule has 0 aliphatic carbocycles. The van der Waals surface area contributed by atoms with Gasteiger partial charge in [-0.25, -0.2) is 0 Å². The number of pyridine rings is 1. The molecule has 0 spiro atoms. The third kappa shape index (κ3) is 4.09. The van der Waals surface area contributed by atoms with Gasteiger partial charge in [-0.2, -0.15) is 0 Å². The van der Waals surface area contributed by atoms with Gasteiger partial charge in [-0.05, 0) is 43.2 Å². The van der Waals surface area contributed by atoms with E-state index in [2.05, 4.69) is 21.7 Å². The van der Waals surface area contributed by atoms with E-state index in [4.69, 9.17) is 0 Å². The summed E-state index contributed by atoms with van der Waals surface area (Å²) in [5.74, 6) is -0.0449. The molecule has 2 rings (SSSR count). The topological polar surface area (TPSA) is 54.0 Å². The van der Waals surface area contributed by atoms with Crippen LogP contribution in [0.4, 0.5) is 5.69 Å². The fraction of sp³-hybridized carbons (Fsp3) is 0.250. The van der Waals surface area contributed by atoms with Crippen molar-refractivity contribution in [3.8, 4) is 0 Å². The lowest BCUT2D eigenvalue weighted by Crippen LogP contribution is -2.29. The molecule has 1 aromatic carbocycles. The van der Waals surface area contributed by atoms with E-state index in [1.807, 2.05) is 44.2 Å². The highest BCUT2D eigenvalue weighted by molar-refractivity contribution is 5.80. The standard InChI is InChI=1S/C16H19N3O/c1-12-6-7-13(2)15(9-12)18-11-16(20)19-10-14-5-3-4-8-17-14/h3-9,18H,10-11H2,1-2H3,(H,19,20). The van der Waals surface area contributed by atoms with Crippen LogP contribution >= 0.6 is 0 Å². The van der Waals surface area contributed by atoms with Gasteiger partial charge in [0.2, 0.25) is 5.91 Å². The molecule has 1 aromatic heterocycles. The summed E-state index contributed by atoms with van der Waals surface area (Å²) in [6.45, 7) is 4.77. The molecule has 1 heterocycles. The lowest BCUT2D eigenvalue weighted by molar-refractivity contribution is -0.119. The zero-order valence-corrected chi connectivity index (χ0v) is 11.8. The van der Waals surface area contributed by atoms with Crippen LogP contribution in [0, 0.1) is 13.8 Å². The molecule has 0 bridgehead atoms. The fourth-order valence-corrected chi connectivity index (χ4v) is 1.86. The second-order valence-corrected chi connectivity index (χ2v) is 4.77. The molecule has 0 aliphatic rings. The molecule has 104 valence electrons. The minimum atomic E-state index is -0.0449. The van der Waals surface area contributed by atoms with E-state index >= 15 is 0 Å². The Balaban J connectivity index is 1.82. The van der Waals surface area contributed by atoms with Crippen molar-refractivity contribution in [2.45, 2.75) is 20.4 Å². The van der Waals surface area contributed by atoms with Gasteiger partial charge in [0.15, 0.2) is 0 Å². The molecular weight excluding hydrogens is 250 g/mol. The van der Waals surface area contributed by atoms with Crippen LogP contribution in [-0.2, 0) is 11.3 Å². The van der Waals surface area contributed by atoms with Gasteiger partial charge in [0.1, 0.15) is 0 Å². The van der Waals surface area contributed by atoms with Crippen LogP contribution in [0.5, 0.6) is 0 Å². The molecule has 20 heavy (non-hydrogen) atoms. The van der Waals surface area contributed by atoms with Crippen molar-refractivity contribution in [3.05, 3.63) is 59.4 Å². The zero-order chi connectivity index (χ0) is 14.4.